The van der Waals surface area contributed by atoms with Gasteiger partial charge in [-0.3, -0.25) is 10.2 Å². The van der Waals surface area contributed by atoms with E-state index in [4.69, 9.17) is 4.74 Å². The van der Waals surface area contributed by atoms with Crippen molar-refractivity contribution in [3.05, 3.63) is 23.8 Å². The lowest BCUT2D eigenvalue weighted by molar-refractivity contribution is -0.135. The van der Waals surface area contributed by atoms with E-state index < -0.39 is 5.97 Å². The maximum absolute atomic E-state index is 11.6. The zero-order chi connectivity index (χ0) is 15.4. The van der Waals surface area contributed by atoms with Gasteiger partial charge in [-0.25, -0.2) is 4.79 Å². The lowest BCUT2D eigenvalue weighted by Gasteiger charge is -2.15. The van der Waals surface area contributed by atoms with Gasteiger partial charge in [0.25, 0.3) is 0 Å². The summed E-state index contributed by atoms with van der Waals surface area (Å²) >= 11 is 0. The number of amides is 1. The fourth-order valence-corrected chi connectivity index (χ4v) is 2.21. The van der Waals surface area contributed by atoms with Gasteiger partial charge in [0.1, 0.15) is 5.71 Å². The third kappa shape index (κ3) is 3.39. The van der Waals surface area contributed by atoms with Crippen molar-refractivity contribution in [2.75, 3.05) is 23.5 Å². The predicted octanol–water partition coefficient (Wildman–Crippen LogP) is 1.95. The fraction of sp³-hybridized carbons (Fsp3) is 0.400. The number of nitrogens with zero attached hydrogens (tertiary/aromatic N) is 2. The van der Waals surface area contributed by atoms with E-state index in [1.54, 1.807) is 25.7 Å². The van der Waals surface area contributed by atoms with E-state index in [-0.39, 0.29) is 11.6 Å². The van der Waals surface area contributed by atoms with Crippen molar-refractivity contribution in [3.63, 3.8) is 0 Å². The average Bonchev–Trinajstić information content (AvgIpc) is 2.88. The molecule has 6 heteroatoms. The number of esters is 1. The van der Waals surface area contributed by atoms with Crippen molar-refractivity contribution >= 4 is 29.0 Å². The molecule has 1 heterocycles. The molecule has 0 bridgehead atoms. The lowest BCUT2D eigenvalue weighted by atomic mass is 10.1. The summed E-state index contributed by atoms with van der Waals surface area (Å²) in [6.07, 6.45) is 0.861. The third-order valence-corrected chi connectivity index (χ3v) is 3.28. The molecule has 0 atom stereocenters. The average molecular weight is 289 g/mol. The summed E-state index contributed by atoms with van der Waals surface area (Å²) in [6.45, 7) is 5.91. The van der Waals surface area contributed by atoms with E-state index in [1.165, 1.54) is 0 Å². The van der Waals surface area contributed by atoms with Gasteiger partial charge in [-0.05, 0) is 38.0 Å². The molecule has 21 heavy (non-hydrogen) atoms. The normalized spacial score (nSPS) is 13.9. The first kappa shape index (κ1) is 15.0. The second-order valence-corrected chi connectivity index (χ2v) is 4.79. The molecule has 6 nitrogen and oxygen atoms in total. The van der Waals surface area contributed by atoms with E-state index >= 15 is 0 Å². The molecular weight excluding hydrogens is 270 g/mol. The number of rotatable bonds is 4. The highest BCUT2D eigenvalue weighted by Gasteiger charge is 2.22. The van der Waals surface area contributed by atoms with Gasteiger partial charge in [-0.15, -0.1) is 0 Å². The van der Waals surface area contributed by atoms with Gasteiger partial charge in [-0.2, -0.15) is 5.10 Å². The zero-order valence-corrected chi connectivity index (χ0v) is 12.5. The third-order valence-electron chi connectivity index (χ3n) is 3.28. The van der Waals surface area contributed by atoms with Crippen LogP contribution in [0.3, 0.4) is 0 Å². The molecule has 0 fully saturated rings. The summed E-state index contributed by atoms with van der Waals surface area (Å²) < 4.78 is 4.85. The van der Waals surface area contributed by atoms with Crippen molar-refractivity contribution in [3.8, 4) is 0 Å². The molecule has 1 aromatic carbocycles. The van der Waals surface area contributed by atoms with E-state index in [0.29, 0.717) is 13.2 Å². The fourth-order valence-electron chi connectivity index (χ4n) is 2.21. The Labute approximate surface area is 123 Å². The Morgan fingerprint density at radius 1 is 1.38 bits per heavy atom. The van der Waals surface area contributed by atoms with Crippen LogP contribution in [0.4, 0.5) is 11.4 Å². The van der Waals surface area contributed by atoms with Crippen LogP contribution >= 0.6 is 0 Å². The van der Waals surface area contributed by atoms with Crippen LogP contribution in [0.5, 0.6) is 0 Å². The number of ether oxygens (including phenoxy) is 1. The summed E-state index contributed by atoms with van der Waals surface area (Å²) in [5, 5.41) is 4.00. The molecule has 1 aliphatic rings. The number of hydrogen-bond acceptors (Lipinski definition) is 5. The first-order chi connectivity index (χ1) is 10.0. The van der Waals surface area contributed by atoms with Crippen LogP contribution in [-0.2, 0) is 20.7 Å². The molecule has 2 rings (SSSR count). The van der Waals surface area contributed by atoms with Gasteiger partial charge in [0, 0.05) is 19.2 Å². The Morgan fingerprint density at radius 3 is 2.81 bits per heavy atom. The molecule has 1 N–H and O–H groups in total. The van der Waals surface area contributed by atoms with Gasteiger partial charge in [0.2, 0.25) is 5.91 Å². The molecule has 0 aliphatic carbocycles. The predicted molar refractivity (Wildman–Crippen MR) is 81.5 cm³/mol. The van der Waals surface area contributed by atoms with Crippen LogP contribution < -0.4 is 10.3 Å². The number of fused-ring (bicyclic) bond motifs is 1. The Balaban J connectivity index is 2.13. The van der Waals surface area contributed by atoms with Gasteiger partial charge >= 0.3 is 5.97 Å². The number of anilines is 2. The Morgan fingerprint density at radius 2 is 2.14 bits per heavy atom. The van der Waals surface area contributed by atoms with Crippen LogP contribution in [0.1, 0.15) is 26.3 Å². The molecule has 0 unspecified atom stereocenters. The second-order valence-electron chi connectivity index (χ2n) is 4.79. The molecule has 0 saturated carbocycles. The van der Waals surface area contributed by atoms with E-state index in [0.717, 1.165) is 23.4 Å². The summed E-state index contributed by atoms with van der Waals surface area (Å²) in [5.41, 5.74) is 5.84. The minimum atomic E-state index is -0.448. The van der Waals surface area contributed by atoms with E-state index in [2.05, 4.69) is 10.5 Å². The van der Waals surface area contributed by atoms with Gasteiger partial charge in [-0.1, -0.05) is 6.07 Å². The standard InChI is InChI=1S/C15H19N3O3/c1-4-21-15(20)10(2)16-17-13-6-5-12-7-8-18(11(3)19)14(12)9-13/h5-6,9,17H,4,7-8H2,1-3H3/b16-10+. The van der Waals surface area contributed by atoms with Crippen LogP contribution in [0, 0.1) is 0 Å². The largest absolute Gasteiger partial charge is 0.461 e. The summed E-state index contributed by atoms with van der Waals surface area (Å²) in [5.74, 6) is -0.423. The number of hydrogen-bond donors (Lipinski definition) is 1. The van der Waals surface area contributed by atoms with E-state index in [1.807, 2.05) is 18.2 Å². The molecule has 0 spiro atoms. The molecule has 0 saturated heterocycles. The van der Waals surface area contributed by atoms with Crippen LogP contribution in [0.25, 0.3) is 0 Å². The zero-order valence-electron chi connectivity index (χ0n) is 12.5. The van der Waals surface area contributed by atoms with Crippen molar-refractivity contribution in [2.45, 2.75) is 27.2 Å². The maximum atomic E-state index is 11.6. The molecule has 1 aliphatic heterocycles. The SMILES string of the molecule is CCOC(=O)/C(C)=N/Nc1ccc2c(c1)N(C(C)=O)CC2. The van der Waals surface area contributed by atoms with Crippen molar-refractivity contribution < 1.29 is 14.3 Å². The summed E-state index contributed by atoms with van der Waals surface area (Å²) in [4.78, 5) is 24.7. The highest BCUT2D eigenvalue weighted by molar-refractivity contribution is 6.35. The number of benzene rings is 1. The monoisotopic (exact) mass is 289 g/mol. The van der Waals surface area contributed by atoms with Gasteiger partial charge < -0.3 is 9.64 Å². The number of nitrogens with one attached hydrogen (secondary N) is 1. The molecule has 1 amide bonds. The molecule has 0 radical (unpaired) electrons. The Hall–Kier alpha value is -2.37. The second kappa shape index (κ2) is 6.39. The molecular formula is C15H19N3O3. The molecule has 0 aromatic heterocycles. The van der Waals surface area contributed by atoms with Crippen LogP contribution in [0.2, 0.25) is 0 Å². The molecule has 112 valence electrons. The topological polar surface area (TPSA) is 71.0 Å². The van der Waals surface area contributed by atoms with Crippen molar-refractivity contribution in [1.82, 2.24) is 0 Å². The van der Waals surface area contributed by atoms with Gasteiger partial charge in [0.15, 0.2) is 0 Å². The minimum absolute atomic E-state index is 0.0251. The molecule has 1 aromatic rings. The lowest BCUT2D eigenvalue weighted by Crippen LogP contribution is -2.25. The Kier molecular flexibility index (Phi) is 4.57. The number of carbonyl (C=O) groups is 2. The summed E-state index contributed by atoms with van der Waals surface area (Å²) in [6, 6.07) is 5.71. The number of carbonyl (C=O) groups excluding carboxylic acids is 2. The van der Waals surface area contributed by atoms with Crippen LogP contribution in [-0.4, -0.2) is 30.7 Å². The van der Waals surface area contributed by atoms with Crippen molar-refractivity contribution in [1.29, 1.82) is 0 Å². The smallest absolute Gasteiger partial charge is 0.354 e. The quantitative estimate of drug-likeness (QED) is 0.522. The van der Waals surface area contributed by atoms with Crippen molar-refractivity contribution in [2.24, 2.45) is 5.10 Å². The maximum Gasteiger partial charge on any atom is 0.354 e. The van der Waals surface area contributed by atoms with E-state index in [9.17, 15) is 9.59 Å². The highest BCUT2D eigenvalue weighted by Crippen LogP contribution is 2.30. The Bertz CT molecular complexity index is 596. The van der Waals surface area contributed by atoms with Gasteiger partial charge in [0.05, 0.1) is 12.3 Å². The first-order valence-corrected chi connectivity index (χ1v) is 6.91. The minimum Gasteiger partial charge on any atom is -0.461 e. The van der Waals surface area contributed by atoms with Crippen LogP contribution in [0.15, 0.2) is 23.3 Å². The summed E-state index contributed by atoms with van der Waals surface area (Å²) in [7, 11) is 0. The highest BCUT2D eigenvalue weighted by atomic mass is 16.5. The first-order valence-electron chi connectivity index (χ1n) is 6.91. The number of hydrazone groups is 1.